The van der Waals surface area contributed by atoms with Crippen LogP contribution in [0.3, 0.4) is 0 Å². The number of carbonyl (C=O) groups is 1. The van der Waals surface area contributed by atoms with Crippen LogP contribution >= 0.6 is 22.9 Å². The van der Waals surface area contributed by atoms with Crippen molar-refractivity contribution in [2.24, 2.45) is 0 Å². The second kappa shape index (κ2) is 6.06. The van der Waals surface area contributed by atoms with Gasteiger partial charge in [-0.1, -0.05) is 23.7 Å². The first kappa shape index (κ1) is 15.9. The van der Waals surface area contributed by atoms with Crippen LogP contribution in [0.2, 0.25) is 5.02 Å². The number of nitrogens with one attached hydrogen (secondary N) is 3. The molecule has 1 aromatic heterocycles. The summed E-state index contributed by atoms with van der Waals surface area (Å²) >= 11 is 7.71. The van der Waals surface area contributed by atoms with Crippen molar-refractivity contribution in [2.45, 2.75) is 39.0 Å². The van der Waals surface area contributed by atoms with E-state index in [4.69, 9.17) is 11.6 Å². The van der Waals surface area contributed by atoms with Crippen molar-refractivity contribution in [2.75, 3.05) is 11.9 Å². The molecule has 2 aromatic rings. The van der Waals surface area contributed by atoms with E-state index in [0.29, 0.717) is 11.1 Å². The molecule has 2 aliphatic rings. The summed E-state index contributed by atoms with van der Waals surface area (Å²) in [6.45, 7) is 6.64. The maximum atomic E-state index is 12.7. The second-order valence-corrected chi connectivity index (χ2v) is 8.34. The molecule has 0 saturated carbocycles. The third-order valence-corrected chi connectivity index (χ3v) is 6.39. The van der Waals surface area contributed by atoms with Crippen LogP contribution < -0.4 is 15.5 Å². The lowest BCUT2D eigenvalue weighted by Crippen LogP contribution is -3.14. The number of thiophene rings is 1. The molecule has 1 amide bonds. The minimum absolute atomic E-state index is 0.0363. The zero-order chi connectivity index (χ0) is 16.8. The van der Waals surface area contributed by atoms with E-state index < -0.39 is 0 Å². The number of benzene rings is 1. The smallest absolute Gasteiger partial charge is 0.256 e. The molecule has 2 aliphatic heterocycles. The van der Waals surface area contributed by atoms with Gasteiger partial charge in [0.05, 0.1) is 23.0 Å². The van der Waals surface area contributed by atoms with Gasteiger partial charge in [-0.3, -0.25) is 4.79 Å². The number of carbonyl (C=O) groups excluding carboxylic acids is 1. The molecule has 4 rings (SSSR count). The average molecular weight is 363 g/mol. The van der Waals surface area contributed by atoms with Crippen LogP contribution in [0.1, 0.15) is 46.4 Å². The molecule has 0 bridgehead atoms. The molecule has 126 valence electrons. The first-order chi connectivity index (χ1) is 11.5. The van der Waals surface area contributed by atoms with Crippen molar-refractivity contribution in [1.82, 2.24) is 5.32 Å². The Morgan fingerprint density at radius 2 is 2.00 bits per heavy atom. The average Bonchev–Trinajstić information content (AvgIpc) is 2.93. The standard InChI is InChI=1S/C18H20ClN3OS/c1-10(2)22-8-7-13-14(9-22)24-18-15(13)17(23)20-16(21-18)11-3-5-12(19)6-4-11/h3-6,10,16,21H,7-9H2,1-2H3,(H,20,23)/p+1/t16-/m0/s1. The van der Waals surface area contributed by atoms with Gasteiger partial charge in [-0.05, 0) is 37.1 Å². The van der Waals surface area contributed by atoms with Gasteiger partial charge in [0.2, 0.25) is 0 Å². The minimum atomic E-state index is -0.198. The van der Waals surface area contributed by atoms with Crippen LogP contribution in [0.15, 0.2) is 24.3 Å². The first-order valence-corrected chi connectivity index (χ1v) is 9.54. The van der Waals surface area contributed by atoms with E-state index in [-0.39, 0.29) is 12.1 Å². The van der Waals surface area contributed by atoms with E-state index >= 15 is 0 Å². The summed E-state index contributed by atoms with van der Waals surface area (Å²) in [6.07, 6.45) is 0.783. The van der Waals surface area contributed by atoms with Gasteiger partial charge in [-0.2, -0.15) is 0 Å². The molecule has 24 heavy (non-hydrogen) atoms. The lowest BCUT2D eigenvalue weighted by Gasteiger charge is -2.28. The Morgan fingerprint density at radius 1 is 1.25 bits per heavy atom. The van der Waals surface area contributed by atoms with E-state index in [2.05, 4.69) is 24.5 Å². The molecular formula is C18H21ClN3OS+. The summed E-state index contributed by atoms with van der Waals surface area (Å²) in [5.41, 5.74) is 3.13. The summed E-state index contributed by atoms with van der Waals surface area (Å²) in [6, 6.07) is 8.21. The van der Waals surface area contributed by atoms with Gasteiger partial charge in [-0.15, -0.1) is 11.3 Å². The van der Waals surface area contributed by atoms with Crippen LogP contribution in [-0.4, -0.2) is 18.5 Å². The number of quaternary nitrogens is 1. The summed E-state index contributed by atoms with van der Waals surface area (Å²) in [5, 5.41) is 8.29. The zero-order valence-electron chi connectivity index (χ0n) is 13.8. The van der Waals surface area contributed by atoms with E-state index in [0.717, 1.165) is 35.6 Å². The van der Waals surface area contributed by atoms with Gasteiger partial charge in [0.15, 0.2) is 0 Å². The van der Waals surface area contributed by atoms with Gasteiger partial charge in [0, 0.05) is 11.4 Å². The third-order valence-electron chi connectivity index (χ3n) is 4.97. The maximum absolute atomic E-state index is 12.7. The van der Waals surface area contributed by atoms with E-state index in [9.17, 15) is 4.79 Å². The molecule has 1 unspecified atom stereocenters. The predicted molar refractivity (Wildman–Crippen MR) is 98.0 cm³/mol. The van der Waals surface area contributed by atoms with Crippen molar-refractivity contribution in [1.29, 1.82) is 0 Å². The summed E-state index contributed by atoms with van der Waals surface area (Å²) < 4.78 is 0. The molecule has 0 spiro atoms. The molecule has 0 aliphatic carbocycles. The Labute approximate surface area is 150 Å². The first-order valence-electron chi connectivity index (χ1n) is 8.35. The monoisotopic (exact) mass is 362 g/mol. The molecule has 1 aromatic carbocycles. The lowest BCUT2D eigenvalue weighted by molar-refractivity contribution is -0.936. The van der Waals surface area contributed by atoms with Gasteiger partial charge < -0.3 is 15.5 Å². The normalized spacial score (nSPS) is 22.6. The van der Waals surface area contributed by atoms with Gasteiger partial charge in [0.25, 0.3) is 5.91 Å². The molecule has 3 N–H and O–H groups in total. The number of anilines is 1. The second-order valence-electron chi connectivity index (χ2n) is 6.80. The quantitative estimate of drug-likeness (QED) is 0.769. The Hall–Kier alpha value is -1.56. The van der Waals surface area contributed by atoms with Gasteiger partial charge in [-0.25, -0.2) is 0 Å². The lowest BCUT2D eigenvalue weighted by atomic mass is 9.99. The maximum Gasteiger partial charge on any atom is 0.256 e. The van der Waals surface area contributed by atoms with Crippen molar-refractivity contribution in [3.05, 3.63) is 50.9 Å². The molecular weight excluding hydrogens is 342 g/mol. The number of fused-ring (bicyclic) bond motifs is 3. The Bertz CT molecular complexity index is 784. The third kappa shape index (κ3) is 2.70. The van der Waals surface area contributed by atoms with E-state index in [1.165, 1.54) is 10.4 Å². The van der Waals surface area contributed by atoms with Crippen LogP contribution in [0.4, 0.5) is 5.00 Å². The molecule has 0 fully saturated rings. The highest BCUT2D eigenvalue weighted by atomic mass is 35.5. The van der Waals surface area contributed by atoms with Crippen molar-refractivity contribution >= 4 is 33.8 Å². The van der Waals surface area contributed by atoms with Gasteiger partial charge >= 0.3 is 0 Å². The molecule has 3 heterocycles. The van der Waals surface area contributed by atoms with Crippen LogP contribution in [-0.2, 0) is 13.0 Å². The van der Waals surface area contributed by atoms with E-state index in [1.54, 1.807) is 16.2 Å². The Balaban J connectivity index is 1.65. The fourth-order valence-electron chi connectivity index (χ4n) is 3.53. The van der Waals surface area contributed by atoms with Crippen LogP contribution in [0.5, 0.6) is 0 Å². The minimum Gasteiger partial charge on any atom is -0.353 e. The van der Waals surface area contributed by atoms with Crippen LogP contribution in [0.25, 0.3) is 0 Å². The van der Waals surface area contributed by atoms with Crippen LogP contribution in [0, 0.1) is 0 Å². The predicted octanol–water partition coefficient (Wildman–Crippen LogP) is 2.61. The van der Waals surface area contributed by atoms with Crippen molar-refractivity contribution < 1.29 is 9.69 Å². The SMILES string of the molecule is CC(C)[NH+]1CCc2c(sc3c2C(=O)N[C@H](c2ccc(Cl)cc2)N3)C1. The topological polar surface area (TPSA) is 45.6 Å². The highest BCUT2D eigenvalue weighted by Gasteiger charge is 2.34. The molecule has 2 atom stereocenters. The number of halogens is 1. The fraction of sp³-hybridized carbons (Fsp3) is 0.389. The molecule has 0 radical (unpaired) electrons. The molecule has 4 nitrogen and oxygen atoms in total. The summed E-state index contributed by atoms with van der Waals surface area (Å²) in [7, 11) is 0. The summed E-state index contributed by atoms with van der Waals surface area (Å²) in [5.74, 6) is 0.0363. The Kier molecular flexibility index (Phi) is 4.03. The number of hydrogen-bond donors (Lipinski definition) is 3. The highest BCUT2D eigenvalue weighted by Crippen LogP contribution is 2.39. The van der Waals surface area contributed by atoms with Gasteiger partial charge in [0.1, 0.15) is 17.7 Å². The zero-order valence-corrected chi connectivity index (χ0v) is 15.4. The summed E-state index contributed by atoms with van der Waals surface area (Å²) in [4.78, 5) is 15.7. The van der Waals surface area contributed by atoms with Crippen molar-refractivity contribution in [3.63, 3.8) is 0 Å². The fourth-order valence-corrected chi connectivity index (χ4v) is 4.98. The number of amides is 1. The van der Waals surface area contributed by atoms with E-state index in [1.807, 2.05) is 24.3 Å². The molecule has 6 heteroatoms. The number of hydrogen-bond acceptors (Lipinski definition) is 3. The number of rotatable bonds is 2. The largest absolute Gasteiger partial charge is 0.353 e. The van der Waals surface area contributed by atoms with Crippen molar-refractivity contribution in [3.8, 4) is 0 Å². The molecule has 0 saturated heterocycles. The Morgan fingerprint density at radius 3 is 2.71 bits per heavy atom. The highest BCUT2D eigenvalue weighted by molar-refractivity contribution is 7.16.